The number of nitrogens with two attached hydrogens (primary N) is 1. The molecule has 28 heavy (non-hydrogen) atoms. The SMILES string of the molecule is COc1cc(C(=O)C2CCC2c2ccc(N(C)C)c(N)c2)cc(OC)c1OC. The second-order valence-corrected chi connectivity index (χ2v) is 7.28. The molecule has 2 aromatic rings. The van der Waals surface area contributed by atoms with Gasteiger partial charge in [-0.15, -0.1) is 0 Å². The third kappa shape index (κ3) is 3.46. The number of ether oxygens (including phenoxy) is 3. The normalized spacial score (nSPS) is 18.2. The number of Topliss-reactive ketones (excluding diaryl/α,β-unsaturated/α-hetero) is 1. The number of nitrogen functional groups attached to an aromatic ring is 1. The number of carbonyl (C=O) groups excluding carboxylic acids is 1. The monoisotopic (exact) mass is 384 g/mol. The van der Waals surface area contributed by atoms with Gasteiger partial charge in [0.15, 0.2) is 17.3 Å². The molecule has 0 radical (unpaired) electrons. The number of benzene rings is 2. The van der Waals surface area contributed by atoms with Crippen molar-refractivity contribution in [2.75, 3.05) is 46.1 Å². The van der Waals surface area contributed by atoms with Gasteiger partial charge in [0.05, 0.1) is 32.7 Å². The smallest absolute Gasteiger partial charge is 0.203 e. The first-order chi connectivity index (χ1) is 13.4. The largest absolute Gasteiger partial charge is 0.493 e. The van der Waals surface area contributed by atoms with E-state index in [2.05, 4.69) is 6.07 Å². The summed E-state index contributed by atoms with van der Waals surface area (Å²) < 4.78 is 16.1. The predicted molar refractivity (Wildman–Crippen MR) is 111 cm³/mol. The molecule has 1 saturated carbocycles. The van der Waals surface area contributed by atoms with E-state index < -0.39 is 0 Å². The molecule has 6 nitrogen and oxygen atoms in total. The second-order valence-electron chi connectivity index (χ2n) is 7.28. The van der Waals surface area contributed by atoms with Crippen LogP contribution in [0.2, 0.25) is 0 Å². The highest BCUT2D eigenvalue weighted by molar-refractivity contribution is 6.00. The van der Waals surface area contributed by atoms with Crippen molar-refractivity contribution in [1.82, 2.24) is 0 Å². The van der Waals surface area contributed by atoms with Crippen LogP contribution in [-0.2, 0) is 0 Å². The Morgan fingerprint density at radius 1 is 1.00 bits per heavy atom. The van der Waals surface area contributed by atoms with Crippen molar-refractivity contribution in [3.63, 3.8) is 0 Å². The van der Waals surface area contributed by atoms with E-state index in [9.17, 15) is 4.79 Å². The minimum atomic E-state index is -0.0765. The predicted octanol–water partition coefficient (Wildman–Crippen LogP) is 3.74. The number of hydrogen-bond donors (Lipinski definition) is 1. The lowest BCUT2D eigenvalue weighted by atomic mass is 9.67. The number of carbonyl (C=O) groups is 1. The molecule has 0 amide bonds. The lowest BCUT2D eigenvalue weighted by molar-refractivity contribution is 0.0818. The van der Waals surface area contributed by atoms with Gasteiger partial charge in [-0.05, 0) is 48.6 Å². The molecule has 0 spiro atoms. The molecule has 1 aliphatic carbocycles. The molecule has 2 atom stereocenters. The molecule has 2 N–H and O–H groups in total. The molecular formula is C22H28N2O4. The Kier molecular flexibility index (Phi) is 5.68. The van der Waals surface area contributed by atoms with Gasteiger partial charge in [0.25, 0.3) is 0 Å². The van der Waals surface area contributed by atoms with E-state index in [1.165, 1.54) is 0 Å². The van der Waals surface area contributed by atoms with E-state index in [1.54, 1.807) is 33.5 Å². The van der Waals surface area contributed by atoms with Gasteiger partial charge in [-0.25, -0.2) is 0 Å². The summed E-state index contributed by atoms with van der Waals surface area (Å²) in [6.45, 7) is 0. The summed E-state index contributed by atoms with van der Waals surface area (Å²) in [5.74, 6) is 1.64. The lowest BCUT2D eigenvalue weighted by Gasteiger charge is -2.36. The number of methoxy groups -OCH3 is 3. The van der Waals surface area contributed by atoms with Gasteiger partial charge in [-0.1, -0.05) is 6.07 Å². The molecule has 2 unspecified atom stereocenters. The number of nitrogens with zero attached hydrogens (tertiary/aromatic N) is 1. The zero-order valence-corrected chi connectivity index (χ0v) is 17.1. The highest BCUT2D eigenvalue weighted by Crippen LogP contribution is 2.47. The van der Waals surface area contributed by atoms with Gasteiger partial charge in [0.2, 0.25) is 5.75 Å². The maximum atomic E-state index is 13.2. The van der Waals surface area contributed by atoms with Crippen molar-refractivity contribution >= 4 is 17.2 Å². The molecule has 0 aromatic heterocycles. The number of anilines is 2. The van der Waals surface area contributed by atoms with Crippen molar-refractivity contribution in [1.29, 1.82) is 0 Å². The first-order valence-corrected chi connectivity index (χ1v) is 9.32. The molecule has 1 fully saturated rings. The summed E-state index contributed by atoms with van der Waals surface area (Å²) in [5, 5.41) is 0. The quantitative estimate of drug-likeness (QED) is 0.579. The van der Waals surface area contributed by atoms with Crippen LogP contribution >= 0.6 is 0 Å². The van der Waals surface area contributed by atoms with E-state index in [0.29, 0.717) is 22.8 Å². The average Bonchev–Trinajstić information content (AvgIpc) is 2.65. The van der Waals surface area contributed by atoms with Gasteiger partial charge >= 0.3 is 0 Å². The molecule has 0 aliphatic heterocycles. The van der Waals surface area contributed by atoms with E-state index in [0.717, 1.165) is 29.8 Å². The fourth-order valence-electron chi connectivity index (χ4n) is 3.86. The van der Waals surface area contributed by atoms with E-state index in [1.807, 2.05) is 31.1 Å². The fraction of sp³-hybridized carbons (Fsp3) is 0.409. The molecule has 0 saturated heterocycles. The van der Waals surface area contributed by atoms with E-state index >= 15 is 0 Å². The van der Waals surface area contributed by atoms with Crippen LogP contribution in [0.3, 0.4) is 0 Å². The number of ketones is 1. The Balaban J connectivity index is 1.88. The molecule has 3 rings (SSSR count). The molecule has 0 heterocycles. The minimum Gasteiger partial charge on any atom is -0.493 e. The van der Waals surface area contributed by atoms with Gasteiger partial charge in [0, 0.05) is 25.6 Å². The molecule has 2 aromatic carbocycles. The van der Waals surface area contributed by atoms with Crippen molar-refractivity contribution < 1.29 is 19.0 Å². The first-order valence-electron chi connectivity index (χ1n) is 9.32. The van der Waals surface area contributed by atoms with Crippen LogP contribution < -0.4 is 24.8 Å². The zero-order chi connectivity index (χ0) is 20.4. The summed E-state index contributed by atoms with van der Waals surface area (Å²) in [6.07, 6.45) is 1.83. The van der Waals surface area contributed by atoms with Gasteiger partial charge in [-0.3, -0.25) is 4.79 Å². The van der Waals surface area contributed by atoms with Crippen LogP contribution in [0.4, 0.5) is 11.4 Å². The average molecular weight is 384 g/mol. The van der Waals surface area contributed by atoms with Crippen molar-refractivity contribution in [2.24, 2.45) is 5.92 Å². The Bertz CT molecular complexity index is 854. The third-order valence-corrected chi connectivity index (χ3v) is 5.52. The standard InChI is InChI=1S/C22H28N2O4/c1-24(2)18-9-6-13(10-17(18)23)15-7-8-16(15)21(25)14-11-19(26-3)22(28-5)20(12-14)27-4/h6,9-12,15-16H,7-8,23H2,1-5H3. The molecule has 150 valence electrons. The van der Waals surface area contributed by atoms with Crippen LogP contribution in [0.15, 0.2) is 30.3 Å². The van der Waals surface area contributed by atoms with Gasteiger partial charge in [0.1, 0.15) is 0 Å². The van der Waals surface area contributed by atoms with Crippen LogP contribution in [0.1, 0.15) is 34.7 Å². The van der Waals surface area contributed by atoms with Crippen molar-refractivity contribution in [2.45, 2.75) is 18.8 Å². The Labute approximate surface area is 166 Å². The van der Waals surface area contributed by atoms with Gasteiger partial charge in [-0.2, -0.15) is 0 Å². The highest BCUT2D eigenvalue weighted by atomic mass is 16.5. The van der Waals surface area contributed by atoms with Crippen LogP contribution in [-0.4, -0.2) is 41.2 Å². The first kappa shape index (κ1) is 19.9. The second kappa shape index (κ2) is 8.00. The van der Waals surface area contributed by atoms with Crippen molar-refractivity contribution in [3.05, 3.63) is 41.5 Å². The lowest BCUT2D eigenvalue weighted by Crippen LogP contribution is -2.31. The number of rotatable bonds is 7. The summed E-state index contributed by atoms with van der Waals surface area (Å²) in [4.78, 5) is 15.2. The molecule has 0 bridgehead atoms. The van der Waals surface area contributed by atoms with Gasteiger partial charge < -0.3 is 24.8 Å². The Morgan fingerprint density at radius 3 is 2.07 bits per heavy atom. The topological polar surface area (TPSA) is 74.0 Å². The summed E-state index contributed by atoms with van der Waals surface area (Å²) in [5.41, 5.74) is 9.60. The van der Waals surface area contributed by atoms with E-state index in [-0.39, 0.29) is 17.6 Å². The van der Waals surface area contributed by atoms with Crippen LogP contribution in [0.25, 0.3) is 0 Å². The van der Waals surface area contributed by atoms with Crippen LogP contribution in [0, 0.1) is 5.92 Å². The molecule has 1 aliphatic rings. The molecular weight excluding hydrogens is 356 g/mol. The van der Waals surface area contributed by atoms with E-state index in [4.69, 9.17) is 19.9 Å². The maximum Gasteiger partial charge on any atom is 0.203 e. The minimum absolute atomic E-state index is 0.0765. The fourth-order valence-corrected chi connectivity index (χ4v) is 3.86. The Morgan fingerprint density at radius 2 is 1.64 bits per heavy atom. The van der Waals surface area contributed by atoms with Crippen molar-refractivity contribution in [3.8, 4) is 17.2 Å². The van der Waals surface area contributed by atoms with Crippen LogP contribution in [0.5, 0.6) is 17.2 Å². The highest BCUT2D eigenvalue weighted by Gasteiger charge is 2.38. The maximum absolute atomic E-state index is 13.2. The summed E-state index contributed by atoms with van der Waals surface area (Å²) >= 11 is 0. The summed E-state index contributed by atoms with van der Waals surface area (Å²) in [6, 6.07) is 9.54. The number of hydrogen-bond acceptors (Lipinski definition) is 6. The third-order valence-electron chi connectivity index (χ3n) is 5.52. The zero-order valence-electron chi connectivity index (χ0n) is 17.1. The Hall–Kier alpha value is -2.89. The molecule has 6 heteroatoms. The summed E-state index contributed by atoms with van der Waals surface area (Å²) in [7, 11) is 8.57.